The summed E-state index contributed by atoms with van der Waals surface area (Å²) in [4.78, 5) is 0. The van der Waals surface area contributed by atoms with Gasteiger partial charge >= 0.3 is 0 Å². The molecule has 0 aliphatic carbocycles. The second kappa shape index (κ2) is 5.89. The lowest BCUT2D eigenvalue weighted by Gasteiger charge is -2.22. The zero-order chi connectivity index (χ0) is 17.6. The maximum absolute atomic E-state index is 12.0. The van der Waals surface area contributed by atoms with E-state index in [0.29, 0.717) is 17.1 Å². The highest BCUT2D eigenvalue weighted by atomic mass is 35.5. The fourth-order valence-corrected chi connectivity index (χ4v) is 4.37. The molecule has 2 aromatic carbocycles. The van der Waals surface area contributed by atoms with Crippen LogP contribution in [0.25, 0.3) is 16.8 Å². The normalized spacial score (nSPS) is 15.4. The van der Waals surface area contributed by atoms with Crippen molar-refractivity contribution in [1.82, 2.24) is 9.78 Å². The van der Waals surface area contributed by atoms with Gasteiger partial charge in [-0.05, 0) is 42.7 Å². The highest BCUT2D eigenvalue weighted by Gasteiger charge is 2.23. The molecule has 2 heterocycles. The van der Waals surface area contributed by atoms with Crippen molar-refractivity contribution in [3.63, 3.8) is 0 Å². The Morgan fingerprint density at radius 3 is 2.64 bits per heavy atom. The van der Waals surface area contributed by atoms with Crippen LogP contribution >= 0.6 is 11.6 Å². The highest BCUT2D eigenvalue weighted by molar-refractivity contribution is 7.92. The first kappa shape index (κ1) is 16.2. The molecule has 5 nitrogen and oxygen atoms in total. The molecule has 0 radical (unpaired) electrons. The van der Waals surface area contributed by atoms with Crippen LogP contribution in [0.5, 0.6) is 0 Å². The van der Waals surface area contributed by atoms with Gasteiger partial charge < -0.3 is 0 Å². The van der Waals surface area contributed by atoms with E-state index in [4.69, 9.17) is 11.6 Å². The summed E-state index contributed by atoms with van der Waals surface area (Å²) in [6, 6.07) is 11.8. The second-order valence-electron chi connectivity index (χ2n) is 6.17. The van der Waals surface area contributed by atoms with Crippen LogP contribution in [0, 0.1) is 6.92 Å². The summed E-state index contributed by atoms with van der Waals surface area (Å²) in [6.45, 7) is 2.02. The average Bonchev–Trinajstić information content (AvgIpc) is 3.01. The van der Waals surface area contributed by atoms with Gasteiger partial charge in [-0.25, -0.2) is 13.1 Å². The number of benzene rings is 2. The molecule has 0 saturated heterocycles. The molecular weight excluding hydrogens is 358 g/mol. The zero-order valence-electron chi connectivity index (χ0n) is 13.5. The molecule has 1 aromatic heterocycles. The van der Waals surface area contributed by atoms with E-state index < -0.39 is 10.0 Å². The Morgan fingerprint density at radius 2 is 1.96 bits per heavy atom. The van der Waals surface area contributed by atoms with E-state index in [9.17, 15) is 8.42 Å². The number of nitrogens with zero attached hydrogens (tertiary/aromatic N) is 2. The van der Waals surface area contributed by atoms with E-state index in [-0.39, 0.29) is 5.75 Å². The minimum absolute atomic E-state index is 0.127. The van der Waals surface area contributed by atoms with Crippen molar-refractivity contribution in [2.45, 2.75) is 13.3 Å². The van der Waals surface area contributed by atoms with Gasteiger partial charge in [0, 0.05) is 11.8 Å². The van der Waals surface area contributed by atoms with Crippen molar-refractivity contribution in [2.24, 2.45) is 0 Å². The zero-order valence-corrected chi connectivity index (χ0v) is 15.1. The standard InChI is InChI=1S/C18H16ClN3O2S/c1-12-8-14-6-7-25(23,24)21-18(14)17(9-12)13-2-4-16(5-3-13)22-11-15(19)10-20-22/h2-5,8-11,21H,6-7H2,1H3. The van der Waals surface area contributed by atoms with Crippen molar-refractivity contribution >= 4 is 27.3 Å². The lowest BCUT2D eigenvalue weighted by Crippen LogP contribution is -2.24. The Balaban J connectivity index is 1.78. The molecule has 0 atom stereocenters. The third-order valence-corrected chi connectivity index (χ3v) is 5.71. The Hall–Kier alpha value is -2.31. The number of sulfonamides is 1. The van der Waals surface area contributed by atoms with E-state index in [0.717, 1.165) is 27.9 Å². The number of fused-ring (bicyclic) bond motifs is 1. The molecule has 4 rings (SSSR count). The third kappa shape index (κ3) is 3.15. The number of hydrogen-bond acceptors (Lipinski definition) is 3. The number of aryl methyl sites for hydroxylation is 2. The number of hydrogen-bond donors (Lipinski definition) is 1. The Labute approximate surface area is 151 Å². The average molecular weight is 374 g/mol. The van der Waals surface area contributed by atoms with E-state index in [1.807, 2.05) is 43.3 Å². The van der Waals surface area contributed by atoms with Crippen molar-refractivity contribution < 1.29 is 8.42 Å². The first-order valence-electron chi connectivity index (χ1n) is 7.86. The molecule has 0 spiro atoms. The predicted molar refractivity (Wildman–Crippen MR) is 99.9 cm³/mol. The smallest absolute Gasteiger partial charge is 0.233 e. The monoisotopic (exact) mass is 373 g/mol. The first-order chi connectivity index (χ1) is 11.9. The molecule has 1 aliphatic heterocycles. The van der Waals surface area contributed by atoms with E-state index >= 15 is 0 Å². The summed E-state index contributed by atoms with van der Waals surface area (Å²) in [5, 5.41) is 4.76. The molecule has 1 aliphatic rings. The predicted octanol–water partition coefficient (Wildman–Crippen LogP) is 3.80. The summed E-state index contributed by atoms with van der Waals surface area (Å²) in [7, 11) is -3.27. The first-order valence-corrected chi connectivity index (χ1v) is 9.89. The maximum atomic E-state index is 12.0. The van der Waals surface area contributed by atoms with Gasteiger partial charge in [0.05, 0.1) is 28.3 Å². The van der Waals surface area contributed by atoms with Crippen LogP contribution in [0.15, 0.2) is 48.8 Å². The molecule has 0 amide bonds. The van der Waals surface area contributed by atoms with Crippen molar-refractivity contribution in [3.05, 3.63) is 64.9 Å². The van der Waals surface area contributed by atoms with Crippen LogP contribution in [0.3, 0.4) is 0 Å². The van der Waals surface area contributed by atoms with Crippen LogP contribution in [0.2, 0.25) is 5.02 Å². The fraction of sp³-hybridized carbons (Fsp3) is 0.167. The van der Waals surface area contributed by atoms with Crippen LogP contribution in [-0.4, -0.2) is 24.0 Å². The number of nitrogens with one attached hydrogen (secondary N) is 1. The van der Waals surface area contributed by atoms with Crippen molar-refractivity contribution in [2.75, 3.05) is 10.5 Å². The molecule has 1 N–H and O–H groups in total. The largest absolute Gasteiger partial charge is 0.283 e. The SMILES string of the molecule is Cc1cc2c(c(-c3ccc(-n4cc(Cl)cn4)cc3)c1)NS(=O)(=O)CC2. The van der Waals surface area contributed by atoms with Crippen LogP contribution in [0.1, 0.15) is 11.1 Å². The molecule has 128 valence electrons. The molecule has 0 bridgehead atoms. The maximum Gasteiger partial charge on any atom is 0.233 e. The van der Waals surface area contributed by atoms with Gasteiger partial charge in [-0.15, -0.1) is 0 Å². The quantitative estimate of drug-likeness (QED) is 0.743. The minimum Gasteiger partial charge on any atom is -0.283 e. The van der Waals surface area contributed by atoms with Gasteiger partial charge in [0.25, 0.3) is 0 Å². The highest BCUT2D eigenvalue weighted by Crippen LogP contribution is 2.36. The van der Waals surface area contributed by atoms with Gasteiger partial charge in [0.2, 0.25) is 10.0 Å². The Morgan fingerprint density at radius 1 is 1.20 bits per heavy atom. The molecule has 0 fully saturated rings. The fourth-order valence-electron chi connectivity index (χ4n) is 3.09. The molecule has 25 heavy (non-hydrogen) atoms. The van der Waals surface area contributed by atoms with Crippen molar-refractivity contribution in [1.29, 1.82) is 0 Å². The summed E-state index contributed by atoms with van der Waals surface area (Å²) < 4.78 is 28.4. The van der Waals surface area contributed by atoms with E-state index in [1.54, 1.807) is 17.1 Å². The lowest BCUT2D eigenvalue weighted by molar-refractivity contribution is 0.599. The van der Waals surface area contributed by atoms with E-state index in [1.165, 1.54) is 0 Å². The number of aromatic nitrogens is 2. The molecule has 0 unspecified atom stereocenters. The second-order valence-corrected chi connectivity index (χ2v) is 8.45. The van der Waals surface area contributed by atoms with Crippen molar-refractivity contribution in [3.8, 4) is 16.8 Å². The summed E-state index contributed by atoms with van der Waals surface area (Å²) in [5.74, 6) is 0.127. The molecular formula is C18H16ClN3O2S. The minimum atomic E-state index is -3.27. The van der Waals surface area contributed by atoms with Gasteiger partial charge in [0.1, 0.15) is 0 Å². The number of anilines is 1. The van der Waals surface area contributed by atoms with Gasteiger partial charge in [-0.2, -0.15) is 5.10 Å². The molecule has 3 aromatic rings. The number of halogens is 1. The summed E-state index contributed by atoms with van der Waals surface area (Å²) in [5.41, 5.74) is 5.56. The Kier molecular flexibility index (Phi) is 3.81. The third-order valence-electron chi connectivity index (χ3n) is 4.26. The van der Waals surface area contributed by atoms with Gasteiger partial charge in [-0.3, -0.25) is 4.72 Å². The van der Waals surface area contributed by atoms with Crippen LogP contribution in [-0.2, 0) is 16.4 Å². The van der Waals surface area contributed by atoms with Crippen LogP contribution in [0.4, 0.5) is 5.69 Å². The summed E-state index contributed by atoms with van der Waals surface area (Å²) in [6.07, 6.45) is 3.85. The van der Waals surface area contributed by atoms with E-state index in [2.05, 4.69) is 9.82 Å². The van der Waals surface area contributed by atoms with Gasteiger partial charge in [-0.1, -0.05) is 35.4 Å². The summed E-state index contributed by atoms with van der Waals surface area (Å²) >= 11 is 5.91. The molecule has 0 saturated carbocycles. The van der Waals surface area contributed by atoms with Crippen LogP contribution < -0.4 is 4.72 Å². The topological polar surface area (TPSA) is 64.0 Å². The molecule has 7 heteroatoms. The van der Waals surface area contributed by atoms with Gasteiger partial charge in [0.15, 0.2) is 0 Å². The lowest BCUT2D eigenvalue weighted by atomic mass is 9.96. The Bertz CT molecular complexity index is 1060. The number of rotatable bonds is 2.